The van der Waals surface area contributed by atoms with Crippen LogP contribution in [0.5, 0.6) is 11.5 Å². The van der Waals surface area contributed by atoms with Crippen LogP contribution in [0, 0.1) is 0 Å². The Hall–Kier alpha value is -3.79. The minimum atomic E-state index is -0.0769. The van der Waals surface area contributed by atoms with Crippen molar-refractivity contribution in [3.63, 3.8) is 0 Å². The maximum Gasteiger partial charge on any atom is 0.200 e. The van der Waals surface area contributed by atoms with E-state index in [4.69, 9.17) is 13.9 Å². The van der Waals surface area contributed by atoms with Crippen molar-refractivity contribution < 1.29 is 13.9 Å². The Balaban J connectivity index is 1.52. The van der Waals surface area contributed by atoms with Gasteiger partial charge in [-0.15, -0.1) is 0 Å². The van der Waals surface area contributed by atoms with Crippen LogP contribution < -0.4 is 14.9 Å². The molecule has 1 heterocycles. The topological polar surface area (TPSA) is 48.7 Å². The fraction of sp³-hybridized carbons (Fsp3) is 0.0800. The van der Waals surface area contributed by atoms with Crippen LogP contribution in [0.2, 0.25) is 0 Å². The Morgan fingerprint density at radius 2 is 1.69 bits per heavy atom. The van der Waals surface area contributed by atoms with Crippen LogP contribution in [-0.2, 0) is 0 Å². The predicted molar refractivity (Wildman–Crippen MR) is 115 cm³/mol. The van der Waals surface area contributed by atoms with Gasteiger partial charge in [0.15, 0.2) is 5.43 Å². The van der Waals surface area contributed by atoms with E-state index in [-0.39, 0.29) is 5.43 Å². The van der Waals surface area contributed by atoms with Crippen LogP contribution in [0.1, 0.15) is 5.56 Å². The molecule has 4 nitrogen and oxygen atoms in total. The normalized spacial score (nSPS) is 11.1. The summed E-state index contributed by atoms with van der Waals surface area (Å²) in [7, 11) is 1.61. The summed E-state index contributed by atoms with van der Waals surface area (Å²) in [5, 5.41) is 0.519. The lowest BCUT2D eigenvalue weighted by molar-refractivity contribution is 0.363. The largest absolute Gasteiger partial charge is 0.497 e. The van der Waals surface area contributed by atoms with Gasteiger partial charge in [0.2, 0.25) is 0 Å². The third-order valence-electron chi connectivity index (χ3n) is 4.60. The summed E-state index contributed by atoms with van der Waals surface area (Å²) < 4.78 is 16.6. The maximum atomic E-state index is 12.9. The average molecular weight is 384 g/mol. The molecule has 0 N–H and O–H groups in total. The monoisotopic (exact) mass is 384 g/mol. The minimum Gasteiger partial charge on any atom is -0.497 e. The Morgan fingerprint density at radius 3 is 2.45 bits per heavy atom. The molecule has 0 aliphatic carbocycles. The van der Waals surface area contributed by atoms with E-state index in [0.717, 1.165) is 16.9 Å². The quantitative estimate of drug-likeness (QED) is 0.437. The van der Waals surface area contributed by atoms with Gasteiger partial charge in [-0.3, -0.25) is 4.79 Å². The van der Waals surface area contributed by atoms with Crippen LogP contribution in [0.3, 0.4) is 0 Å². The third-order valence-corrected chi connectivity index (χ3v) is 4.60. The highest BCUT2D eigenvalue weighted by Gasteiger charge is 2.10. The molecule has 4 aromatic rings. The van der Waals surface area contributed by atoms with E-state index in [9.17, 15) is 4.79 Å². The molecule has 1 aromatic heterocycles. The summed E-state index contributed by atoms with van der Waals surface area (Å²) in [6.07, 6.45) is 5.44. The van der Waals surface area contributed by atoms with Gasteiger partial charge < -0.3 is 13.9 Å². The van der Waals surface area contributed by atoms with E-state index in [1.54, 1.807) is 25.3 Å². The molecule has 0 amide bonds. The molecule has 0 radical (unpaired) electrons. The zero-order valence-electron chi connectivity index (χ0n) is 16.0. The van der Waals surface area contributed by atoms with Crippen molar-refractivity contribution in [2.45, 2.75) is 0 Å². The molecule has 4 heteroatoms. The highest BCUT2D eigenvalue weighted by molar-refractivity contribution is 5.82. The van der Waals surface area contributed by atoms with Gasteiger partial charge >= 0.3 is 0 Å². The molecule has 0 bridgehead atoms. The van der Waals surface area contributed by atoms with Crippen molar-refractivity contribution >= 4 is 17.0 Å². The van der Waals surface area contributed by atoms with E-state index >= 15 is 0 Å². The molecule has 0 saturated heterocycles. The Morgan fingerprint density at radius 1 is 0.931 bits per heavy atom. The molecule has 0 atom stereocenters. The first kappa shape index (κ1) is 18.6. The number of ether oxygens (including phenoxy) is 2. The van der Waals surface area contributed by atoms with Gasteiger partial charge in [0.05, 0.1) is 18.1 Å². The fourth-order valence-electron chi connectivity index (χ4n) is 3.06. The van der Waals surface area contributed by atoms with Gasteiger partial charge in [-0.25, -0.2) is 0 Å². The third kappa shape index (κ3) is 4.22. The second-order valence-corrected chi connectivity index (χ2v) is 6.49. The summed E-state index contributed by atoms with van der Waals surface area (Å²) in [5.41, 5.74) is 2.84. The van der Waals surface area contributed by atoms with Gasteiger partial charge in [-0.1, -0.05) is 48.5 Å². The number of rotatable bonds is 6. The van der Waals surface area contributed by atoms with E-state index in [0.29, 0.717) is 28.9 Å². The summed E-state index contributed by atoms with van der Waals surface area (Å²) in [6.45, 7) is 0.425. The molecule has 0 unspecified atom stereocenters. The molecule has 0 fully saturated rings. The van der Waals surface area contributed by atoms with Crippen molar-refractivity contribution in [1.82, 2.24) is 0 Å². The number of fused-ring (bicyclic) bond motifs is 1. The lowest BCUT2D eigenvalue weighted by Gasteiger charge is -2.06. The first-order chi connectivity index (χ1) is 14.2. The molecular formula is C25H20O4. The molecule has 4 rings (SSSR count). The Labute approximate surface area is 168 Å². The molecule has 29 heavy (non-hydrogen) atoms. The van der Waals surface area contributed by atoms with Crippen LogP contribution in [0.4, 0.5) is 0 Å². The number of methoxy groups -OCH3 is 1. The number of hydrogen-bond donors (Lipinski definition) is 0. The van der Waals surface area contributed by atoms with E-state index in [1.807, 2.05) is 66.7 Å². The van der Waals surface area contributed by atoms with E-state index in [2.05, 4.69) is 0 Å². The highest BCUT2D eigenvalue weighted by atomic mass is 16.5. The van der Waals surface area contributed by atoms with Crippen LogP contribution >= 0.6 is 0 Å². The van der Waals surface area contributed by atoms with Gasteiger partial charge in [0, 0.05) is 6.07 Å². The summed E-state index contributed by atoms with van der Waals surface area (Å²) >= 11 is 0. The second kappa shape index (κ2) is 8.48. The summed E-state index contributed by atoms with van der Waals surface area (Å²) in [5.74, 6) is 1.39. The fourth-order valence-corrected chi connectivity index (χ4v) is 3.06. The second-order valence-electron chi connectivity index (χ2n) is 6.49. The Kier molecular flexibility index (Phi) is 5.43. The lowest BCUT2D eigenvalue weighted by atomic mass is 10.1. The van der Waals surface area contributed by atoms with Crippen LogP contribution in [-0.4, -0.2) is 13.7 Å². The zero-order valence-corrected chi connectivity index (χ0v) is 16.0. The SMILES string of the molecule is COc1ccc(-c2coc3cc(OC/C=C/c4ccccc4)ccc3c2=O)cc1. The zero-order chi connectivity index (χ0) is 20.1. The Bertz CT molecular complexity index is 1190. The first-order valence-corrected chi connectivity index (χ1v) is 9.29. The number of benzene rings is 3. The molecule has 144 valence electrons. The lowest BCUT2D eigenvalue weighted by Crippen LogP contribution is -2.05. The molecular weight excluding hydrogens is 364 g/mol. The standard InChI is InChI=1S/C25H20O4/c1-27-20-11-9-19(10-12-20)23-17-29-24-16-21(13-14-22(24)25(23)26)28-15-5-8-18-6-3-2-4-7-18/h2-14,16-17H,15H2,1H3/b8-5+. The van der Waals surface area contributed by atoms with Gasteiger partial charge in [-0.2, -0.15) is 0 Å². The molecule has 3 aromatic carbocycles. The van der Waals surface area contributed by atoms with Gasteiger partial charge in [0.1, 0.15) is 30.0 Å². The minimum absolute atomic E-state index is 0.0769. The smallest absolute Gasteiger partial charge is 0.200 e. The molecule has 0 spiro atoms. The maximum absolute atomic E-state index is 12.9. The van der Waals surface area contributed by atoms with Crippen molar-refractivity contribution in [2.24, 2.45) is 0 Å². The molecule has 0 aliphatic heterocycles. The van der Waals surface area contributed by atoms with Crippen LogP contribution in [0.15, 0.2) is 94.3 Å². The van der Waals surface area contributed by atoms with E-state index < -0.39 is 0 Å². The average Bonchev–Trinajstić information content (AvgIpc) is 2.78. The van der Waals surface area contributed by atoms with Crippen molar-refractivity contribution in [2.75, 3.05) is 13.7 Å². The van der Waals surface area contributed by atoms with Gasteiger partial charge in [0.25, 0.3) is 0 Å². The highest BCUT2D eigenvalue weighted by Crippen LogP contribution is 2.24. The van der Waals surface area contributed by atoms with Crippen LogP contribution in [0.25, 0.3) is 28.2 Å². The van der Waals surface area contributed by atoms with E-state index in [1.165, 1.54) is 6.26 Å². The van der Waals surface area contributed by atoms with Gasteiger partial charge in [-0.05, 0) is 41.5 Å². The van der Waals surface area contributed by atoms with Crippen molar-refractivity contribution in [3.05, 3.63) is 101 Å². The first-order valence-electron chi connectivity index (χ1n) is 9.29. The van der Waals surface area contributed by atoms with Crippen molar-refractivity contribution in [1.29, 1.82) is 0 Å². The molecule has 0 aliphatic rings. The predicted octanol–water partition coefficient (Wildman–Crippen LogP) is 5.56. The summed E-state index contributed by atoms with van der Waals surface area (Å²) in [6, 6.07) is 22.6. The van der Waals surface area contributed by atoms with Crippen molar-refractivity contribution in [3.8, 4) is 22.6 Å². The molecule has 0 saturated carbocycles. The summed E-state index contributed by atoms with van der Waals surface area (Å²) in [4.78, 5) is 12.9. The number of hydrogen-bond acceptors (Lipinski definition) is 4.